The number of benzene rings is 2. The van der Waals surface area contributed by atoms with Crippen LogP contribution in [0.4, 0.5) is 19.2 Å². The van der Waals surface area contributed by atoms with E-state index in [2.05, 4.69) is 80.5 Å². The standard InChI is InChI=1S/C22H29NO6.C19H25NO6.2C15H23NO6.C11H16O4.C4H7NO4.CH4/c1-6-11-17(19(24)28-15-16-12-9-8-10-13-16)18(20(25)27-14-7-2)23-21(26)29-22(3,4)5;1-5-9-14(17(23)25-12-13-10-7-6-8-11-13)15(16(21)22)20-18(24)26-19(2,3)4;1-6-8-20-12(17)10-11(13(18)21-9-7-2)16-14(19)22-15(3,4)5;1-6-8-10(12(17)18)11(13(19)21-9-7-2)16-14(20)22-15(3,4)5;1-4-6-14-10(12)8-9(3)11(13)15-7-5-2;5-2(4(8)9)1-3(6)7;/h6-10,12-13,17-18H,1-2,11,14-15H2,3-5H3,(H,23,26);5-8,10-11,14-15H,1,9,12H2,2-4H3,(H,20,24)(H,21,22);6-7,11H,1-2,8-10H2,3-5H3,(H,16,19);6-7,10-11H,1-2,8-9H2,3-5H3,(H,16,20)(H,17,18);4-5,9H,1-2,6-8H2,3H3;2H,1,5H2,(H,6,7)(H,8,9);1H4/t17-,18?;14-,15?;;10-,11?;;;/m00.0.../s1. The van der Waals surface area contributed by atoms with E-state index in [9.17, 15) is 86.9 Å². The Morgan fingerprint density at radius 2 is 0.637 bits per heavy atom. The van der Waals surface area contributed by atoms with E-state index in [1.807, 2.05) is 36.4 Å². The van der Waals surface area contributed by atoms with Gasteiger partial charge in [-0.15, -0.1) is 19.7 Å². The van der Waals surface area contributed by atoms with Crippen LogP contribution in [0.15, 0.2) is 175 Å². The lowest BCUT2D eigenvalue weighted by atomic mass is 9.96. The molecular formula is C87H127N5O32. The summed E-state index contributed by atoms with van der Waals surface area (Å²) in [6, 6.07) is 11.4. The molecule has 0 aromatic heterocycles. The number of ether oxygens (including phenoxy) is 12. The molecule has 0 heterocycles. The number of nitrogens with two attached hydrogens (primary N) is 1. The Hall–Kier alpha value is -13.2. The second-order valence-corrected chi connectivity index (χ2v) is 29.3. The number of carbonyl (C=O) groups is 16. The highest BCUT2D eigenvalue weighted by molar-refractivity contribution is 5.90. The van der Waals surface area contributed by atoms with Crippen molar-refractivity contribution < 1.29 is 154 Å². The van der Waals surface area contributed by atoms with Gasteiger partial charge in [0.1, 0.15) is 105 Å². The van der Waals surface area contributed by atoms with Crippen molar-refractivity contribution in [3.05, 3.63) is 186 Å². The molecule has 0 spiro atoms. The Kier molecular flexibility index (Phi) is 63.1. The number of hydrogen-bond donors (Lipinski definition) is 9. The molecule has 0 radical (unpaired) electrons. The molecule has 692 valence electrons. The van der Waals surface area contributed by atoms with E-state index in [-0.39, 0.29) is 92.4 Å². The summed E-state index contributed by atoms with van der Waals surface area (Å²) in [4.78, 5) is 185. The van der Waals surface area contributed by atoms with Gasteiger partial charge in [-0.2, -0.15) is 0 Å². The highest BCUT2D eigenvalue weighted by Gasteiger charge is 2.40. The third kappa shape index (κ3) is 62.9. The van der Waals surface area contributed by atoms with Crippen LogP contribution in [0.2, 0.25) is 0 Å². The van der Waals surface area contributed by atoms with Gasteiger partial charge in [-0.3, -0.25) is 38.4 Å². The fraction of sp³-hybridized carbons (Fsp3) is 0.471. The number of hydrogen-bond acceptors (Lipinski definition) is 29. The summed E-state index contributed by atoms with van der Waals surface area (Å²) < 4.78 is 59.9. The van der Waals surface area contributed by atoms with Crippen molar-refractivity contribution in [2.24, 2.45) is 29.4 Å². The number of carboxylic acid groups (broad SMARTS) is 4. The SMILES string of the molecule is C.C=CCOC(=O)C(NC(=O)OC(C)(C)C)[C@H](CC=C)C(=O)O.C=CCOC(=O)C(NC(=O)OC(C)(C)C)[C@H](CC=C)C(=O)OCc1ccccc1.C=CCOC(=O)CC(C)C(=O)OCC=C.C=CCOC(=O)CC(NC(=O)OC(C)(C)C)C(=O)OCC=C.C=CC[C@H](C(=O)OCc1ccccc1)C(NC(=O)OC(C)(C)C)C(=O)O.NC(CC(=O)O)C(=O)O. The van der Waals surface area contributed by atoms with Crippen LogP contribution in [0.25, 0.3) is 0 Å². The second-order valence-electron chi connectivity index (χ2n) is 29.3. The lowest BCUT2D eigenvalue weighted by Crippen LogP contribution is -2.50. The van der Waals surface area contributed by atoms with Crippen LogP contribution in [0.1, 0.15) is 147 Å². The van der Waals surface area contributed by atoms with E-state index in [1.54, 1.807) is 114 Å². The zero-order chi connectivity index (χ0) is 95.2. The monoisotopic (exact) mass is 1750 g/mol. The average Bonchev–Trinajstić information content (AvgIpc) is 0.858. The largest absolute Gasteiger partial charge is 0.481 e. The summed E-state index contributed by atoms with van der Waals surface area (Å²) in [7, 11) is 0. The molecule has 2 aromatic rings. The zero-order valence-electron chi connectivity index (χ0n) is 72.2. The Morgan fingerprint density at radius 1 is 0.347 bits per heavy atom. The van der Waals surface area contributed by atoms with Gasteiger partial charge in [-0.25, -0.2) is 38.4 Å². The third-order valence-corrected chi connectivity index (χ3v) is 13.7. The van der Waals surface area contributed by atoms with Crippen LogP contribution < -0.4 is 27.0 Å². The van der Waals surface area contributed by atoms with Crippen LogP contribution in [-0.2, 0) is 128 Å². The van der Waals surface area contributed by atoms with Crippen molar-refractivity contribution >= 4 is 96.0 Å². The van der Waals surface area contributed by atoms with Crippen LogP contribution in [0.3, 0.4) is 0 Å². The maximum atomic E-state index is 12.7. The number of nitrogens with one attached hydrogen (secondary N) is 4. The molecule has 0 aliphatic heterocycles. The van der Waals surface area contributed by atoms with Crippen molar-refractivity contribution in [2.45, 2.75) is 202 Å². The molecule has 9 atom stereocenters. The second kappa shape index (κ2) is 65.5. The summed E-state index contributed by atoms with van der Waals surface area (Å²) in [5.74, 6) is -14.3. The first-order valence-electron chi connectivity index (χ1n) is 37.8. The maximum Gasteiger partial charge on any atom is 0.408 e. The summed E-state index contributed by atoms with van der Waals surface area (Å²) in [6.45, 7) is 52.9. The highest BCUT2D eigenvalue weighted by atomic mass is 16.6. The lowest BCUT2D eigenvalue weighted by Gasteiger charge is -2.26. The number of carbonyl (C=O) groups excluding carboxylic acids is 12. The minimum absolute atomic E-state index is 0. The van der Waals surface area contributed by atoms with Crippen molar-refractivity contribution in [3.8, 4) is 0 Å². The summed E-state index contributed by atoms with van der Waals surface area (Å²) in [6.07, 6.45) is 8.39. The van der Waals surface area contributed by atoms with Crippen molar-refractivity contribution in [2.75, 3.05) is 39.6 Å². The molecular weight excluding hydrogens is 1630 g/mol. The normalized spacial score (nSPS) is 12.5. The number of aliphatic carboxylic acids is 4. The topological polar surface area (TPSA) is 539 Å². The molecule has 0 bridgehead atoms. The van der Waals surface area contributed by atoms with Gasteiger partial charge in [0.2, 0.25) is 0 Å². The molecule has 0 saturated heterocycles. The van der Waals surface area contributed by atoms with Gasteiger partial charge in [0, 0.05) is 0 Å². The van der Waals surface area contributed by atoms with Crippen molar-refractivity contribution in [1.29, 1.82) is 0 Å². The first-order chi connectivity index (χ1) is 57.3. The number of amides is 4. The Labute approximate surface area is 724 Å². The molecule has 0 aliphatic carbocycles. The fourth-order valence-electron chi connectivity index (χ4n) is 8.44. The maximum absolute atomic E-state index is 12.7. The quantitative estimate of drug-likeness (QED) is 0.0169. The molecule has 37 heteroatoms. The smallest absolute Gasteiger partial charge is 0.408 e. The highest BCUT2D eigenvalue weighted by Crippen LogP contribution is 2.21. The van der Waals surface area contributed by atoms with Crippen LogP contribution in [0.5, 0.6) is 0 Å². The van der Waals surface area contributed by atoms with Gasteiger partial charge >= 0.3 is 96.0 Å². The number of rotatable bonds is 44. The Balaban J connectivity index is -0.000000468. The predicted octanol–water partition coefficient (Wildman–Crippen LogP) is 11.0. The average molecular weight is 1750 g/mol. The van der Waals surface area contributed by atoms with Crippen molar-refractivity contribution in [3.63, 3.8) is 0 Å². The summed E-state index contributed by atoms with van der Waals surface area (Å²) in [5.41, 5.74) is 3.31. The molecule has 0 aliphatic rings. The van der Waals surface area contributed by atoms with Gasteiger partial charge in [0.25, 0.3) is 0 Å². The van der Waals surface area contributed by atoms with Gasteiger partial charge in [-0.05, 0) is 113 Å². The summed E-state index contributed by atoms with van der Waals surface area (Å²) in [5, 5.41) is 43.9. The van der Waals surface area contributed by atoms with Gasteiger partial charge in [-0.1, -0.05) is 169 Å². The Morgan fingerprint density at radius 3 is 0.935 bits per heavy atom. The van der Waals surface area contributed by atoms with E-state index in [1.165, 1.54) is 54.7 Å². The number of alkyl carbamates (subject to hydrolysis) is 4. The fourth-order valence-corrected chi connectivity index (χ4v) is 8.44. The van der Waals surface area contributed by atoms with Crippen molar-refractivity contribution in [1.82, 2.24) is 21.3 Å². The summed E-state index contributed by atoms with van der Waals surface area (Å²) >= 11 is 0. The molecule has 10 N–H and O–H groups in total. The van der Waals surface area contributed by atoms with Crippen LogP contribution >= 0.6 is 0 Å². The molecule has 4 amide bonds. The van der Waals surface area contributed by atoms with Crippen LogP contribution in [0, 0.1) is 23.7 Å². The van der Waals surface area contributed by atoms with Crippen LogP contribution in [-0.4, -0.2) is 209 Å². The Bertz CT molecular complexity index is 3770. The van der Waals surface area contributed by atoms with E-state index in [4.69, 9.17) is 72.8 Å². The first kappa shape index (κ1) is 119. The molecule has 37 nitrogen and oxygen atoms in total. The predicted molar refractivity (Wildman–Crippen MR) is 455 cm³/mol. The van der Waals surface area contributed by atoms with E-state index < -0.39 is 179 Å². The van der Waals surface area contributed by atoms with E-state index >= 15 is 0 Å². The zero-order valence-corrected chi connectivity index (χ0v) is 72.2. The van der Waals surface area contributed by atoms with Gasteiger partial charge < -0.3 is 104 Å². The lowest BCUT2D eigenvalue weighted by molar-refractivity contribution is -0.158. The van der Waals surface area contributed by atoms with E-state index in [0.29, 0.717) is 0 Å². The molecule has 2 aromatic carbocycles. The third-order valence-electron chi connectivity index (χ3n) is 13.7. The first-order valence-corrected chi connectivity index (χ1v) is 37.8. The molecule has 0 fully saturated rings. The molecule has 6 unspecified atom stereocenters. The number of allylic oxidation sites excluding steroid dienone is 3. The van der Waals surface area contributed by atoms with Gasteiger partial charge in [0.05, 0.1) is 42.9 Å². The minimum atomic E-state index is -1.49. The van der Waals surface area contributed by atoms with Gasteiger partial charge in [0.15, 0.2) is 0 Å². The number of esters is 8. The molecule has 2 rings (SSSR count). The molecule has 124 heavy (non-hydrogen) atoms. The van der Waals surface area contributed by atoms with E-state index in [0.717, 1.165) is 11.1 Å². The number of carboxylic acids is 4. The molecule has 0 saturated carbocycles. The minimum Gasteiger partial charge on any atom is -0.481 e.